The first kappa shape index (κ1) is 18.8. The first-order valence-corrected chi connectivity index (χ1v) is 9.63. The number of carbonyl (C=O) groups excluding carboxylic acids is 1. The zero-order valence-corrected chi connectivity index (χ0v) is 15.9. The minimum Gasteiger partial charge on any atom is -0.488 e. The van der Waals surface area contributed by atoms with Crippen molar-refractivity contribution < 1.29 is 19.4 Å². The van der Waals surface area contributed by atoms with E-state index in [1.165, 1.54) is 7.11 Å². The van der Waals surface area contributed by atoms with Gasteiger partial charge in [-0.3, -0.25) is 4.90 Å². The van der Waals surface area contributed by atoms with E-state index >= 15 is 0 Å². The molecule has 28 heavy (non-hydrogen) atoms. The second-order valence-electron chi connectivity index (χ2n) is 7.59. The predicted molar refractivity (Wildman–Crippen MR) is 102 cm³/mol. The van der Waals surface area contributed by atoms with Gasteiger partial charge in [0.25, 0.3) is 0 Å². The molecule has 1 saturated heterocycles. The number of hydrogen-bond acceptors (Lipinski definition) is 7. The van der Waals surface area contributed by atoms with Gasteiger partial charge in [0.1, 0.15) is 17.7 Å². The third-order valence-electron chi connectivity index (χ3n) is 5.71. The third-order valence-corrected chi connectivity index (χ3v) is 5.71. The van der Waals surface area contributed by atoms with Crippen LogP contribution in [0.15, 0.2) is 42.7 Å². The van der Waals surface area contributed by atoms with Gasteiger partial charge in [-0.05, 0) is 55.0 Å². The lowest BCUT2D eigenvalue weighted by Gasteiger charge is -2.35. The molecule has 0 unspecified atom stereocenters. The van der Waals surface area contributed by atoms with Gasteiger partial charge in [0, 0.05) is 25.5 Å². The molecule has 7 heteroatoms. The summed E-state index contributed by atoms with van der Waals surface area (Å²) < 4.78 is 10.8. The average molecular weight is 383 g/mol. The van der Waals surface area contributed by atoms with Crippen LogP contribution in [0.25, 0.3) is 0 Å². The number of aromatic nitrogens is 2. The minimum atomic E-state index is -0.491. The van der Waals surface area contributed by atoms with Gasteiger partial charge in [-0.25, -0.2) is 14.8 Å². The van der Waals surface area contributed by atoms with Crippen LogP contribution in [0.4, 0.5) is 0 Å². The van der Waals surface area contributed by atoms with Crippen LogP contribution >= 0.6 is 0 Å². The summed E-state index contributed by atoms with van der Waals surface area (Å²) in [6, 6.07) is 8.67. The number of methoxy groups -OCH3 is 1. The normalized spacial score (nSPS) is 27.2. The molecule has 0 bridgehead atoms. The largest absolute Gasteiger partial charge is 0.488 e. The number of carbonyl (C=O) groups is 1. The summed E-state index contributed by atoms with van der Waals surface area (Å²) in [5.41, 5.74) is 0.480. The van der Waals surface area contributed by atoms with E-state index in [1.54, 1.807) is 36.7 Å². The number of aliphatic hydroxyl groups excluding tert-OH is 1. The zero-order chi connectivity index (χ0) is 19.5. The maximum Gasteiger partial charge on any atom is 0.337 e. The number of esters is 1. The van der Waals surface area contributed by atoms with Gasteiger partial charge in [0.2, 0.25) is 0 Å². The Morgan fingerprint density at radius 2 is 1.82 bits per heavy atom. The number of likely N-dealkylation sites (tertiary alicyclic amines) is 1. The van der Waals surface area contributed by atoms with Crippen LogP contribution in [-0.2, 0) is 11.3 Å². The summed E-state index contributed by atoms with van der Waals surface area (Å²) in [6.45, 7) is 2.67. The van der Waals surface area contributed by atoms with Crippen LogP contribution in [0, 0.1) is 11.8 Å². The van der Waals surface area contributed by atoms with E-state index in [4.69, 9.17) is 9.47 Å². The Morgan fingerprint density at radius 3 is 2.50 bits per heavy atom. The van der Waals surface area contributed by atoms with Crippen LogP contribution < -0.4 is 4.74 Å². The summed E-state index contributed by atoms with van der Waals surface area (Å²) in [4.78, 5) is 22.5. The highest BCUT2D eigenvalue weighted by atomic mass is 16.5. The van der Waals surface area contributed by atoms with Crippen LogP contribution in [0.2, 0.25) is 0 Å². The molecule has 2 aliphatic rings. The summed E-state index contributed by atoms with van der Waals surface area (Å²) in [7, 11) is 1.36. The second-order valence-corrected chi connectivity index (χ2v) is 7.59. The molecule has 1 aromatic heterocycles. The molecular weight excluding hydrogens is 358 g/mol. The summed E-state index contributed by atoms with van der Waals surface area (Å²) in [5.74, 6) is 2.08. The van der Waals surface area contributed by atoms with Gasteiger partial charge in [0.15, 0.2) is 0 Å². The maximum atomic E-state index is 11.5. The third kappa shape index (κ3) is 4.15. The Balaban J connectivity index is 1.35. The van der Waals surface area contributed by atoms with Crippen molar-refractivity contribution in [1.82, 2.24) is 14.9 Å². The molecule has 0 amide bonds. The molecule has 2 heterocycles. The first-order chi connectivity index (χ1) is 13.6. The molecule has 2 aromatic rings. The van der Waals surface area contributed by atoms with Crippen molar-refractivity contribution in [2.75, 3.05) is 20.2 Å². The van der Waals surface area contributed by atoms with Crippen molar-refractivity contribution in [2.45, 2.75) is 31.6 Å². The molecule has 1 aliphatic carbocycles. The molecule has 0 radical (unpaired) electrons. The standard InChI is InChI=1S/C21H25N3O4/c1-27-21(26)14-3-5-17(6-4-14)28-19-10-16-12-24(11-15(16)9-18(19)25)13-20-22-7-2-8-23-20/h2-8,15-16,18-19,25H,9-13H2,1H3/t15-,16+,18+,19+/m0/s1. The fraction of sp³-hybridized carbons (Fsp3) is 0.476. The molecule has 1 N–H and O–H groups in total. The quantitative estimate of drug-likeness (QED) is 0.790. The van der Waals surface area contributed by atoms with Crippen molar-refractivity contribution in [3.63, 3.8) is 0 Å². The van der Waals surface area contributed by atoms with Crippen LogP contribution in [0.5, 0.6) is 5.75 Å². The predicted octanol–water partition coefficient (Wildman–Crippen LogP) is 1.91. The molecule has 2 fully saturated rings. The zero-order valence-electron chi connectivity index (χ0n) is 15.9. The second kappa shape index (κ2) is 8.24. The molecule has 1 aliphatic heterocycles. The molecule has 0 spiro atoms. The van der Waals surface area contributed by atoms with Crippen molar-refractivity contribution in [1.29, 1.82) is 0 Å². The van der Waals surface area contributed by atoms with E-state index < -0.39 is 6.10 Å². The monoisotopic (exact) mass is 383 g/mol. The maximum absolute atomic E-state index is 11.5. The Labute approximate surface area is 164 Å². The number of hydrogen-bond donors (Lipinski definition) is 1. The molecule has 1 saturated carbocycles. The molecule has 7 nitrogen and oxygen atoms in total. The number of rotatable bonds is 5. The van der Waals surface area contributed by atoms with Crippen LogP contribution in [-0.4, -0.2) is 58.4 Å². The fourth-order valence-corrected chi connectivity index (χ4v) is 4.32. The van der Waals surface area contributed by atoms with E-state index in [1.807, 2.05) is 6.07 Å². The topological polar surface area (TPSA) is 84.8 Å². The smallest absolute Gasteiger partial charge is 0.337 e. The first-order valence-electron chi connectivity index (χ1n) is 9.63. The summed E-state index contributed by atoms with van der Waals surface area (Å²) >= 11 is 0. The molecular formula is C21H25N3O4. The lowest BCUT2D eigenvalue weighted by Crippen LogP contribution is -2.42. The SMILES string of the molecule is COC(=O)c1ccc(O[C@@H]2C[C@@H]3CN(Cc4ncccn4)C[C@@H]3C[C@H]2O)cc1. The van der Waals surface area contributed by atoms with E-state index in [0.29, 0.717) is 23.1 Å². The van der Waals surface area contributed by atoms with Crippen molar-refractivity contribution in [2.24, 2.45) is 11.8 Å². The molecule has 148 valence electrons. The van der Waals surface area contributed by atoms with Gasteiger partial charge in [-0.1, -0.05) is 0 Å². The van der Waals surface area contributed by atoms with Crippen LogP contribution in [0.1, 0.15) is 29.0 Å². The summed E-state index contributed by atoms with van der Waals surface area (Å²) in [6.07, 6.45) is 4.36. The van der Waals surface area contributed by atoms with E-state index in [-0.39, 0.29) is 12.1 Å². The Morgan fingerprint density at radius 1 is 1.14 bits per heavy atom. The van der Waals surface area contributed by atoms with Crippen LogP contribution in [0.3, 0.4) is 0 Å². The Kier molecular flexibility index (Phi) is 5.54. The van der Waals surface area contributed by atoms with Gasteiger partial charge >= 0.3 is 5.97 Å². The van der Waals surface area contributed by atoms with E-state index in [9.17, 15) is 9.90 Å². The Hall–Kier alpha value is -2.51. The van der Waals surface area contributed by atoms with Gasteiger partial charge in [0.05, 0.1) is 25.3 Å². The number of benzene rings is 1. The highest BCUT2D eigenvalue weighted by Crippen LogP contribution is 2.38. The average Bonchev–Trinajstić information content (AvgIpc) is 3.09. The van der Waals surface area contributed by atoms with Crippen molar-refractivity contribution >= 4 is 5.97 Å². The van der Waals surface area contributed by atoms with Gasteiger partial charge in [-0.15, -0.1) is 0 Å². The summed E-state index contributed by atoms with van der Waals surface area (Å²) in [5, 5.41) is 10.6. The van der Waals surface area contributed by atoms with Gasteiger partial charge < -0.3 is 14.6 Å². The lowest BCUT2D eigenvalue weighted by atomic mass is 9.78. The fourth-order valence-electron chi connectivity index (χ4n) is 4.32. The number of nitrogens with zero attached hydrogens (tertiary/aromatic N) is 3. The van der Waals surface area contributed by atoms with Crippen molar-refractivity contribution in [3.05, 3.63) is 54.1 Å². The number of fused-ring (bicyclic) bond motifs is 1. The van der Waals surface area contributed by atoms with Crippen molar-refractivity contribution in [3.8, 4) is 5.75 Å². The Bertz CT molecular complexity index is 799. The molecule has 1 aromatic carbocycles. The number of ether oxygens (including phenoxy) is 2. The van der Waals surface area contributed by atoms with E-state index in [2.05, 4.69) is 14.9 Å². The lowest BCUT2D eigenvalue weighted by molar-refractivity contribution is -0.0231. The minimum absolute atomic E-state index is 0.238. The van der Waals surface area contributed by atoms with E-state index in [0.717, 1.165) is 38.3 Å². The highest BCUT2D eigenvalue weighted by Gasteiger charge is 2.42. The highest BCUT2D eigenvalue weighted by molar-refractivity contribution is 5.89. The molecule has 4 rings (SSSR count). The molecule has 4 atom stereocenters. The van der Waals surface area contributed by atoms with Gasteiger partial charge in [-0.2, -0.15) is 0 Å². The number of aliphatic hydroxyl groups is 1.